The van der Waals surface area contributed by atoms with Gasteiger partial charge in [-0.15, -0.1) is 0 Å². The Bertz CT molecular complexity index is 786. The van der Waals surface area contributed by atoms with Gasteiger partial charge in [-0.05, 0) is 31.2 Å². The Morgan fingerprint density at radius 3 is 3.00 bits per heavy atom. The highest BCUT2D eigenvalue weighted by molar-refractivity contribution is 5.86. The summed E-state index contributed by atoms with van der Waals surface area (Å²) in [6, 6.07) is 10.5. The van der Waals surface area contributed by atoms with Crippen molar-refractivity contribution >= 4 is 5.91 Å². The van der Waals surface area contributed by atoms with E-state index in [0.29, 0.717) is 37.6 Å². The molecule has 2 aromatic rings. The summed E-state index contributed by atoms with van der Waals surface area (Å²) in [5, 5.41) is 3.00. The van der Waals surface area contributed by atoms with E-state index in [9.17, 15) is 9.18 Å². The van der Waals surface area contributed by atoms with Crippen molar-refractivity contribution in [3.8, 4) is 5.75 Å². The first-order valence-electron chi connectivity index (χ1n) is 8.94. The first-order chi connectivity index (χ1) is 12.7. The van der Waals surface area contributed by atoms with Crippen LogP contribution in [-0.4, -0.2) is 42.0 Å². The molecule has 3 heterocycles. The van der Waals surface area contributed by atoms with Gasteiger partial charge in [0.2, 0.25) is 5.91 Å². The number of ether oxygens (including phenoxy) is 1. The Balaban J connectivity index is 1.44. The van der Waals surface area contributed by atoms with Crippen LogP contribution in [-0.2, 0) is 11.3 Å². The van der Waals surface area contributed by atoms with Gasteiger partial charge in [0, 0.05) is 37.3 Å². The van der Waals surface area contributed by atoms with E-state index in [1.165, 1.54) is 6.07 Å². The topological polar surface area (TPSA) is 54.5 Å². The molecule has 2 atom stereocenters. The van der Waals surface area contributed by atoms with E-state index in [1.54, 1.807) is 24.5 Å². The molecule has 2 fully saturated rings. The number of hydrogen-bond donors (Lipinski definition) is 1. The largest absolute Gasteiger partial charge is 0.492 e. The van der Waals surface area contributed by atoms with Crippen molar-refractivity contribution in [2.75, 3.05) is 26.2 Å². The number of halogens is 1. The van der Waals surface area contributed by atoms with Crippen LogP contribution < -0.4 is 10.1 Å². The van der Waals surface area contributed by atoms with Crippen molar-refractivity contribution in [1.82, 2.24) is 15.2 Å². The van der Waals surface area contributed by atoms with E-state index < -0.39 is 5.41 Å². The van der Waals surface area contributed by atoms with E-state index in [4.69, 9.17) is 4.74 Å². The molecule has 4 rings (SSSR count). The number of carbonyl (C=O) groups excluding carboxylic acids is 1. The van der Waals surface area contributed by atoms with Crippen LogP contribution in [0.3, 0.4) is 0 Å². The molecular weight excluding hydrogens is 333 g/mol. The van der Waals surface area contributed by atoms with Crippen LogP contribution in [0.2, 0.25) is 0 Å². The Morgan fingerprint density at radius 2 is 2.19 bits per heavy atom. The fraction of sp³-hybridized carbons (Fsp3) is 0.400. The average Bonchev–Trinajstić information content (AvgIpc) is 3.22. The summed E-state index contributed by atoms with van der Waals surface area (Å²) in [6.45, 7) is 3.03. The average molecular weight is 355 g/mol. The van der Waals surface area contributed by atoms with Crippen LogP contribution >= 0.6 is 0 Å². The minimum Gasteiger partial charge on any atom is -0.492 e. The summed E-state index contributed by atoms with van der Waals surface area (Å²) < 4.78 is 19.8. The number of likely N-dealkylation sites (tertiary alicyclic amines) is 1. The van der Waals surface area contributed by atoms with Gasteiger partial charge >= 0.3 is 0 Å². The number of amides is 1. The summed E-state index contributed by atoms with van der Waals surface area (Å²) in [6.07, 6.45) is 4.15. The normalized spacial score (nSPS) is 25.6. The van der Waals surface area contributed by atoms with E-state index in [2.05, 4.69) is 15.2 Å². The highest BCUT2D eigenvalue weighted by Gasteiger charge is 2.54. The van der Waals surface area contributed by atoms with Crippen LogP contribution in [0.4, 0.5) is 4.39 Å². The van der Waals surface area contributed by atoms with Gasteiger partial charge in [-0.2, -0.15) is 0 Å². The second-order valence-electron chi connectivity index (χ2n) is 7.11. The molecule has 0 bridgehead atoms. The number of nitrogens with zero attached hydrogens (tertiary/aromatic N) is 2. The number of benzene rings is 1. The molecule has 2 aliphatic heterocycles. The molecule has 1 aromatic heterocycles. The highest BCUT2D eigenvalue weighted by Crippen LogP contribution is 2.42. The molecule has 6 heteroatoms. The van der Waals surface area contributed by atoms with Crippen LogP contribution in [0.25, 0.3) is 0 Å². The first kappa shape index (κ1) is 17.0. The zero-order valence-corrected chi connectivity index (χ0v) is 14.5. The molecule has 0 saturated carbocycles. The number of pyridine rings is 1. The standard InChI is InChI=1S/C20H22FN3O2/c21-18-6-2-1-4-15(18)12-24-9-7-20(14-24)16(10-23-19(20)25)13-26-17-5-3-8-22-11-17/h1-6,8,11,16H,7,9-10,12-14H2,(H,23,25)/t16-,20-/m0/s1. The second-order valence-corrected chi connectivity index (χ2v) is 7.11. The van der Waals surface area contributed by atoms with Crippen molar-refractivity contribution in [3.63, 3.8) is 0 Å². The third kappa shape index (κ3) is 3.17. The Kier molecular flexibility index (Phi) is 4.59. The third-order valence-electron chi connectivity index (χ3n) is 5.56. The van der Waals surface area contributed by atoms with E-state index >= 15 is 0 Å². The van der Waals surface area contributed by atoms with E-state index in [-0.39, 0.29) is 17.6 Å². The fourth-order valence-electron chi connectivity index (χ4n) is 4.06. The van der Waals surface area contributed by atoms with Crippen LogP contribution in [0.5, 0.6) is 5.75 Å². The smallest absolute Gasteiger partial charge is 0.228 e. The van der Waals surface area contributed by atoms with Crippen LogP contribution in [0.15, 0.2) is 48.8 Å². The predicted octanol–water partition coefficient (Wildman–Crippen LogP) is 2.24. The van der Waals surface area contributed by atoms with E-state index in [1.807, 2.05) is 18.2 Å². The maximum atomic E-state index is 13.9. The summed E-state index contributed by atoms with van der Waals surface area (Å²) in [4.78, 5) is 18.8. The summed E-state index contributed by atoms with van der Waals surface area (Å²) in [7, 11) is 0. The SMILES string of the molecule is O=C1NC[C@@H](COc2cccnc2)[C@@]12CCN(Cc1ccccc1F)C2. The summed E-state index contributed by atoms with van der Waals surface area (Å²) in [5.74, 6) is 0.707. The summed E-state index contributed by atoms with van der Waals surface area (Å²) in [5.41, 5.74) is 0.221. The number of carbonyl (C=O) groups is 1. The minimum absolute atomic E-state index is 0.0910. The molecule has 26 heavy (non-hydrogen) atoms. The van der Waals surface area contributed by atoms with Crippen molar-refractivity contribution in [2.45, 2.75) is 13.0 Å². The predicted molar refractivity (Wildman–Crippen MR) is 95.0 cm³/mol. The molecule has 1 N–H and O–H groups in total. The van der Waals surface area contributed by atoms with Gasteiger partial charge in [-0.3, -0.25) is 14.7 Å². The lowest BCUT2D eigenvalue weighted by molar-refractivity contribution is -0.128. The zero-order valence-electron chi connectivity index (χ0n) is 14.5. The van der Waals surface area contributed by atoms with Crippen LogP contribution in [0.1, 0.15) is 12.0 Å². The lowest BCUT2D eigenvalue weighted by atomic mass is 9.77. The van der Waals surface area contributed by atoms with Gasteiger partial charge in [0.05, 0.1) is 18.2 Å². The molecular formula is C20H22FN3O2. The van der Waals surface area contributed by atoms with Crippen molar-refractivity contribution in [3.05, 3.63) is 60.2 Å². The quantitative estimate of drug-likeness (QED) is 0.894. The maximum Gasteiger partial charge on any atom is 0.228 e. The molecule has 1 aromatic carbocycles. The Morgan fingerprint density at radius 1 is 1.31 bits per heavy atom. The molecule has 5 nitrogen and oxygen atoms in total. The molecule has 1 spiro atoms. The van der Waals surface area contributed by atoms with Gasteiger partial charge in [0.15, 0.2) is 0 Å². The number of aromatic nitrogens is 1. The second kappa shape index (κ2) is 7.03. The van der Waals surface area contributed by atoms with Crippen molar-refractivity contribution in [1.29, 1.82) is 0 Å². The first-order valence-corrected chi connectivity index (χ1v) is 8.94. The van der Waals surface area contributed by atoms with Crippen LogP contribution in [0, 0.1) is 17.2 Å². The van der Waals surface area contributed by atoms with E-state index in [0.717, 1.165) is 13.0 Å². The molecule has 136 valence electrons. The Hall–Kier alpha value is -2.47. The lowest BCUT2D eigenvalue weighted by Gasteiger charge is -2.28. The van der Waals surface area contributed by atoms with Gasteiger partial charge in [-0.25, -0.2) is 4.39 Å². The zero-order chi connectivity index (χ0) is 18.0. The number of nitrogens with one attached hydrogen (secondary N) is 1. The minimum atomic E-state index is -0.451. The molecule has 2 saturated heterocycles. The maximum absolute atomic E-state index is 13.9. The molecule has 1 amide bonds. The molecule has 0 aliphatic carbocycles. The number of hydrogen-bond acceptors (Lipinski definition) is 4. The highest BCUT2D eigenvalue weighted by atomic mass is 19.1. The van der Waals surface area contributed by atoms with Gasteiger partial charge in [0.25, 0.3) is 0 Å². The monoisotopic (exact) mass is 355 g/mol. The lowest BCUT2D eigenvalue weighted by Crippen LogP contribution is -2.40. The Labute approximate surface area is 152 Å². The molecule has 0 unspecified atom stereocenters. The van der Waals surface area contributed by atoms with Crippen molar-refractivity contribution in [2.24, 2.45) is 11.3 Å². The molecule has 0 radical (unpaired) electrons. The molecule has 2 aliphatic rings. The van der Waals surface area contributed by atoms with Gasteiger partial charge < -0.3 is 10.1 Å². The number of rotatable bonds is 5. The van der Waals surface area contributed by atoms with Crippen molar-refractivity contribution < 1.29 is 13.9 Å². The fourth-order valence-corrected chi connectivity index (χ4v) is 4.06. The third-order valence-corrected chi connectivity index (χ3v) is 5.56. The van der Waals surface area contributed by atoms with Gasteiger partial charge in [-0.1, -0.05) is 18.2 Å². The summed E-state index contributed by atoms with van der Waals surface area (Å²) >= 11 is 0. The van der Waals surface area contributed by atoms with Gasteiger partial charge in [0.1, 0.15) is 11.6 Å².